The van der Waals surface area contributed by atoms with Crippen LogP contribution in [0.3, 0.4) is 0 Å². The Kier molecular flexibility index (Phi) is 4.94. The maximum absolute atomic E-state index is 13.5. The third kappa shape index (κ3) is 3.74. The highest BCUT2D eigenvalue weighted by atomic mass is 19.1. The lowest BCUT2D eigenvalue weighted by Gasteiger charge is -2.06. The fraction of sp³-hybridized carbons (Fsp3) is 0.0769. The smallest absolute Gasteiger partial charge is 0.379 e. The Labute approximate surface area is 187 Å². The number of benzene rings is 3. The molecule has 0 unspecified atom stereocenters. The number of rotatable bonds is 4. The predicted molar refractivity (Wildman–Crippen MR) is 118 cm³/mol. The number of para-hydroxylation sites is 1. The minimum Gasteiger partial charge on any atom is -0.493 e. The van der Waals surface area contributed by atoms with Crippen LogP contribution in [0.5, 0.6) is 17.2 Å². The molecule has 0 amide bonds. The number of fused-ring (bicyclic) bond motifs is 2. The maximum atomic E-state index is 13.5. The Morgan fingerprint density at radius 2 is 1.88 bits per heavy atom. The molecule has 33 heavy (non-hydrogen) atoms. The third-order valence-electron chi connectivity index (χ3n) is 5.23. The Morgan fingerprint density at radius 3 is 2.67 bits per heavy atom. The van der Waals surface area contributed by atoms with Crippen molar-refractivity contribution in [2.24, 2.45) is 0 Å². The Bertz CT molecular complexity index is 1460. The molecule has 0 radical (unpaired) electrons. The molecular weight excluding hydrogens is 427 g/mol. The number of ketones is 1. The van der Waals surface area contributed by atoms with E-state index in [1.54, 1.807) is 49.4 Å². The summed E-state index contributed by atoms with van der Waals surface area (Å²) in [6, 6.07) is 15.8. The first-order valence-corrected chi connectivity index (χ1v) is 10.1. The average Bonchev–Trinajstić information content (AvgIpc) is 3.35. The predicted octanol–water partition coefficient (Wildman–Crippen LogP) is 5.72. The molecule has 0 aliphatic carbocycles. The molecule has 3 aromatic carbocycles. The van der Waals surface area contributed by atoms with Crippen molar-refractivity contribution in [3.63, 3.8) is 0 Å². The van der Waals surface area contributed by atoms with Crippen molar-refractivity contribution in [2.75, 3.05) is 7.11 Å². The molecule has 6 nitrogen and oxygen atoms in total. The van der Waals surface area contributed by atoms with Crippen LogP contribution in [0, 0.1) is 12.7 Å². The number of hydrogen-bond donors (Lipinski definition) is 0. The largest absolute Gasteiger partial charge is 0.493 e. The molecule has 1 aromatic heterocycles. The van der Waals surface area contributed by atoms with Crippen molar-refractivity contribution in [3.05, 3.63) is 94.7 Å². The van der Waals surface area contributed by atoms with Gasteiger partial charge >= 0.3 is 5.97 Å². The zero-order chi connectivity index (χ0) is 23.1. The molecule has 5 rings (SSSR count). The summed E-state index contributed by atoms with van der Waals surface area (Å²) < 4.78 is 35.5. The number of methoxy groups -OCH3 is 1. The normalized spacial score (nSPS) is 13.8. The summed E-state index contributed by atoms with van der Waals surface area (Å²) in [4.78, 5) is 25.5. The van der Waals surface area contributed by atoms with E-state index in [0.717, 1.165) is 0 Å². The molecule has 1 aliphatic heterocycles. The van der Waals surface area contributed by atoms with Gasteiger partial charge in [0.05, 0.1) is 12.7 Å². The van der Waals surface area contributed by atoms with Crippen molar-refractivity contribution in [2.45, 2.75) is 6.92 Å². The van der Waals surface area contributed by atoms with Gasteiger partial charge in [0.2, 0.25) is 11.5 Å². The van der Waals surface area contributed by atoms with Crippen LogP contribution in [0.15, 0.2) is 70.8 Å². The molecule has 1 aliphatic rings. The monoisotopic (exact) mass is 444 g/mol. The van der Waals surface area contributed by atoms with Gasteiger partial charge in [0, 0.05) is 11.5 Å². The molecule has 0 fully saturated rings. The summed E-state index contributed by atoms with van der Waals surface area (Å²) in [5.41, 5.74) is 1.88. The molecule has 164 valence electrons. The molecule has 0 saturated heterocycles. The number of furan rings is 1. The van der Waals surface area contributed by atoms with Crippen LogP contribution >= 0.6 is 0 Å². The maximum Gasteiger partial charge on any atom is 0.379 e. The third-order valence-corrected chi connectivity index (χ3v) is 5.23. The average molecular weight is 444 g/mol. The summed E-state index contributed by atoms with van der Waals surface area (Å²) in [5.74, 6) is -0.407. The van der Waals surface area contributed by atoms with E-state index in [0.29, 0.717) is 33.4 Å². The number of carbonyl (C=O) groups excluding carboxylic acids is 2. The van der Waals surface area contributed by atoms with Crippen LogP contribution in [0.2, 0.25) is 0 Å². The first-order chi connectivity index (χ1) is 15.9. The van der Waals surface area contributed by atoms with E-state index in [2.05, 4.69) is 0 Å². The summed E-state index contributed by atoms with van der Waals surface area (Å²) in [7, 11) is 1.51. The standard InChI is InChI=1S/C26H17FO6/c1-14-9-18(31-26(29)22-12-16-6-4-8-19(30-2)25(16)33-22)13-20-23(14)24(28)21(32-20)11-15-5-3-7-17(27)10-15/h3-13H,1-2H3/b21-11-. The number of ether oxygens (including phenoxy) is 3. The second-order valence-corrected chi connectivity index (χ2v) is 7.49. The van der Waals surface area contributed by atoms with Crippen molar-refractivity contribution in [1.82, 2.24) is 0 Å². The highest BCUT2D eigenvalue weighted by Gasteiger charge is 2.30. The van der Waals surface area contributed by atoms with Crippen LogP contribution in [-0.4, -0.2) is 18.9 Å². The van der Waals surface area contributed by atoms with Gasteiger partial charge in [0.25, 0.3) is 0 Å². The number of hydrogen-bond acceptors (Lipinski definition) is 6. The van der Waals surface area contributed by atoms with Crippen LogP contribution in [0.1, 0.15) is 32.0 Å². The minimum absolute atomic E-state index is 0.0105. The van der Waals surface area contributed by atoms with Gasteiger partial charge in [-0.05, 0) is 54.5 Å². The Morgan fingerprint density at radius 1 is 1.06 bits per heavy atom. The second kappa shape index (κ2) is 7.94. The van der Waals surface area contributed by atoms with Gasteiger partial charge in [0.1, 0.15) is 17.3 Å². The molecule has 2 heterocycles. The summed E-state index contributed by atoms with van der Waals surface area (Å²) in [6.45, 7) is 1.72. The molecule has 0 bridgehead atoms. The summed E-state index contributed by atoms with van der Waals surface area (Å²) in [6.07, 6.45) is 1.47. The van der Waals surface area contributed by atoms with Gasteiger partial charge in [-0.15, -0.1) is 0 Å². The summed E-state index contributed by atoms with van der Waals surface area (Å²) >= 11 is 0. The van der Waals surface area contributed by atoms with E-state index in [4.69, 9.17) is 18.6 Å². The van der Waals surface area contributed by atoms with Crippen molar-refractivity contribution < 1.29 is 32.6 Å². The fourth-order valence-electron chi connectivity index (χ4n) is 3.74. The van der Waals surface area contributed by atoms with Crippen molar-refractivity contribution in [3.8, 4) is 17.2 Å². The lowest BCUT2D eigenvalue weighted by Crippen LogP contribution is -2.07. The van der Waals surface area contributed by atoms with Gasteiger partial charge in [-0.25, -0.2) is 9.18 Å². The molecular formula is C26H17FO6. The van der Waals surface area contributed by atoms with Crippen LogP contribution < -0.4 is 14.2 Å². The number of esters is 1. The molecule has 0 N–H and O–H groups in total. The van der Waals surface area contributed by atoms with Gasteiger partial charge in [-0.2, -0.15) is 0 Å². The lowest BCUT2D eigenvalue weighted by atomic mass is 10.0. The van der Waals surface area contributed by atoms with Crippen LogP contribution in [-0.2, 0) is 0 Å². The van der Waals surface area contributed by atoms with Gasteiger partial charge in [-0.1, -0.05) is 24.3 Å². The molecule has 7 heteroatoms. The second-order valence-electron chi connectivity index (χ2n) is 7.49. The highest BCUT2D eigenvalue weighted by molar-refractivity contribution is 6.15. The first kappa shape index (κ1) is 20.5. The first-order valence-electron chi connectivity index (χ1n) is 10.1. The van der Waals surface area contributed by atoms with E-state index >= 15 is 0 Å². The van der Waals surface area contributed by atoms with Gasteiger partial charge < -0.3 is 18.6 Å². The minimum atomic E-state index is -0.701. The fourth-order valence-corrected chi connectivity index (χ4v) is 3.74. The van der Waals surface area contributed by atoms with Crippen LogP contribution in [0.25, 0.3) is 17.0 Å². The van der Waals surface area contributed by atoms with E-state index in [1.165, 1.54) is 31.4 Å². The Hall–Kier alpha value is -4.39. The summed E-state index contributed by atoms with van der Waals surface area (Å²) in [5, 5.41) is 0.701. The Balaban J connectivity index is 1.42. The van der Waals surface area contributed by atoms with E-state index in [1.807, 2.05) is 0 Å². The quantitative estimate of drug-likeness (QED) is 0.228. The van der Waals surface area contributed by atoms with Crippen molar-refractivity contribution in [1.29, 1.82) is 0 Å². The topological polar surface area (TPSA) is 75.0 Å². The van der Waals surface area contributed by atoms with E-state index in [-0.39, 0.29) is 28.8 Å². The van der Waals surface area contributed by atoms with Gasteiger partial charge in [-0.3, -0.25) is 4.79 Å². The molecule has 0 atom stereocenters. The number of halogens is 1. The van der Waals surface area contributed by atoms with E-state index < -0.39 is 11.8 Å². The van der Waals surface area contributed by atoms with Crippen molar-refractivity contribution >= 4 is 28.8 Å². The molecule has 4 aromatic rings. The number of allylic oxidation sites excluding steroid dienone is 1. The highest BCUT2D eigenvalue weighted by Crippen LogP contribution is 2.38. The molecule has 0 saturated carbocycles. The van der Waals surface area contributed by atoms with Crippen LogP contribution in [0.4, 0.5) is 4.39 Å². The van der Waals surface area contributed by atoms with E-state index in [9.17, 15) is 14.0 Å². The van der Waals surface area contributed by atoms with Gasteiger partial charge in [0.15, 0.2) is 17.1 Å². The lowest BCUT2D eigenvalue weighted by molar-refractivity contribution is 0.0703. The SMILES string of the molecule is COc1cccc2cc(C(=O)Oc3cc(C)c4c(c3)O/C(=C\c3cccc(F)c3)C4=O)oc12. The zero-order valence-corrected chi connectivity index (χ0v) is 17.7. The number of Topliss-reactive ketones (excluding diaryl/α,β-unsaturated/α-hetero) is 1. The number of carbonyl (C=O) groups is 2. The zero-order valence-electron chi connectivity index (χ0n) is 17.7. The molecule has 0 spiro atoms. The number of aryl methyl sites for hydroxylation is 1.